The van der Waals surface area contributed by atoms with E-state index in [0.717, 1.165) is 57.8 Å². The number of esters is 2. The summed E-state index contributed by atoms with van der Waals surface area (Å²) in [6, 6.07) is 0. The Morgan fingerprint density at radius 1 is 0.591 bits per heavy atom. The normalized spacial score (nSPS) is 13.6. The van der Waals surface area contributed by atoms with Crippen molar-refractivity contribution in [2.45, 2.75) is 181 Å². The summed E-state index contributed by atoms with van der Waals surface area (Å²) in [6.07, 6.45) is 29.8. The molecule has 260 valence electrons. The van der Waals surface area contributed by atoms with Crippen LogP contribution in [0.25, 0.3) is 0 Å². The van der Waals surface area contributed by atoms with Gasteiger partial charge in [-0.2, -0.15) is 0 Å². The Morgan fingerprint density at radius 2 is 1.07 bits per heavy atom. The largest absolute Gasteiger partial charge is 0.472 e. The Kier molecular flexibility index (Phi) is 30.9. The summed E-state index contributed by atoms with van der Waals surface area (Å²) in [5, 5.41) is 0. The number of carbonyl (C=O) groups is 2. The summed E-state index contributed by atoms with van der Waals surface area (Å²) in [7, 11) is -4.27. The monoisotopic (exact) mass is 646 g/mol. The molecule has 0 aliphatic carbocycles. The fourth-order valence-electron chi connectivity index (χ4n) is 4.92. The summed E-state index contributed by atoms with van der Waals surface area (Å²) in [6.45, 7) is 5.39. The van der Waals surface area contributed by atoms with E-state index in [1.165, 1.54) is 77.0 Å². The summed E-state index contributed by atoms with van der Waals surface area (Å²) in [5.41, 5.74) is 0. The molecule has 0 rings (SSSR count). The van der Waals surface area contributed by atoms with Crippen molar-refractivity contribution in [2.24, 2.45) is 0 Å². The van der Waals surface area contributed by atoms with E-state index in [2.05, 4.69) is 26.0 Å². The number of ether oxygens (including phenoxy) is 2. The van der Waals surface area contributed by atoms with Gasteiger partial charge >= 0.3 is 19.8 Å². The highest BCUT2D eigenvalue weighted by Crippen LogP contribution is 2.43. The summed E-state index contributed by atoms with van der Waals surface area (Å²) >= 11 is 0. The highest BCUT2D eigenvalue weighted by molar-refractivity contribution is 7.47. The summed E-state index contributed by atoms with van der Waals surface area (Å²) in [5.74, 6) is -0.806. The fraction of sp³-hybridized carbons (Fsp3) is 0.886. The lowest BCUT2D eigenvalue weighted by molar-refractivity contribution is -0.161. The number of hydrogen-bond acceptors (Lipinski definition) is 7. The van der Waals surface area contributed by atoms with Crippen LogP contribution in [0.15, 0.2) is 12.2 Å². The van der Waals surface area contributed by atoms with Crippen LogP contribution in [0.1, 0.15) is 175 Å². The van der Waals surface area contributed by atoms with E-state index >= 15 is 0 Å². The van der Waals surface area contributed by atoms with Gasteiger partial charge in [-0.3, -0.25) is 18.6 Å². The molecule has 0 aliphatic rings. The molecule has 0 bridgehead atoms. The minimum atomic E-state index is -4.27. The molecule has 0 spiro atoms. The van der Waals surface area contributed by atoms with Crippen LogP contribution in [-0.4, -0.2) is 42.8 Å². The molecule has 0 fully saturated rings. The first-order valence-electron chi connectivity index (χ1n) is 18.0. The Balaban J connectivity index is 4.14. The van der Waals surface area contributed by atoms with Crippen LogP contribution in [0.5, 0.6) is 0 Å². The molecule has 44 heavy (non-hydrogen) atoms. The average Bonchev–Trinajstić information content (AvgIpc) is 2.99. The summed E-state index contributed by atoms with van der Waals surface area (Å²) in [4.78, 5) is 34.4. The van der Waals surface area contributed by atoms with Crippen LogP contribution >= 0.6 is 7.82 Å². The van der Waals surface area contributed by atoms with Gasteiger partial charge in [-0.1, -0.05) is 135 Å². The number of allylic oxidation sites excluding steroid dienone is 2. The lowest BCUT2D eigenvalue weighted by Gasteiger charge is -2.19. The van der Waals surface area contributed by atoms with Crippen LogP contribution in [0.3, 0.4) is 0 Å². The molecule has 2 unspecified atom stereocenters. The van der Waals surface area contributed by atoms with E-state index in [-0.39, 0.29) is 25.6 Å². The van der Waals surface area contributed by atoms with Crippen LogP contribution in [0.2, 0.25) is 0 Å². The average molecular weight is 647 g/mol. The Bertz CT molecular complexity index is 742. The quantitative estimate of drug-likeness (QED) is 0.0325. The predicted molar refractivity (Wildman–Crippen MR) is 180 cm³/mol. The van der Waals surface area contributed by atoms with Gasteiger partial charge in [-0.15, -0.1) is 0 Å². The van der Waals surface area contributed by atoms with Crippen molar-refractivity contribution in [3.63, 3.8) is 0 Å². The zero-order valence-electron chi connectivity index (χ0n) is 28.6. The third kappa shape index (κ3) is 30.8. The zero-order valence-corrected chi connectivity index (χ0v) is 29.5. The first-order valence-corrected chi connectivity index (χ1v) is 19.5. The van der Waals surface area contributed by atoms with Gasteiger partial charge in [0.25, 0.3) is 0 Å². The molecule has 0 radical (unpaired) electrons. The highest BCUT2D eigenvalue weighted by Gasteiger charge is 2.25. The predicted octanol–water partition coefficient (Wildman–Crippen LogP) is 10.6. The second kappa shape index (κ2) is 31.8. The van der Waals surface area contributed by atoms with Crippen molar-refractivity contribution in [3.05, 3.63) is 12.2 Å². The number of phosphoric acid groups is 1. The topological polar surface area (TPSA) is 108 Å². The second-order valence-corrected chi connectivity index (χ2v) is 13.3. The zero-order chi connectivity index (χ0) is 32.6. The van der Waals surface area contributed by atoms with Gasteiger partial charge in [0.1, 0.15) is 6.61 Å². The number of hydrogen-bond donors (Lipinski definition) is 1. The molecule has 1 N–H and O–H groups in total. The summed E-state index contributed by atoms with van der Waals surface area (Å²) < 4.78 is 32.4. The molecule has 0 aromatic carbocycles. The van der Waals surface area contributed by atoms with Gasteiger partial charge in [0.2, 0.25) is 0 Å². The third-order valence-corrected chi connectivity index (χ3v) is 8.61. The van der Waals surface area contributed by atoms with E-state index in [0.29, 0.717) is 12.8 Å². The standard InChI is InChI=1S/C35H67O8P/c1-4-7-9-11-13-15-17-18-19-20-22-23-25-27-29-34(36)40-31-33(32-42-44(38,39)41-6-3)43-35(37)30-28-26-24-21-16-14-12-10-8-5-2/h10,12,33H,4-9,11,13-32H2,1-3H3,(H,38,39)/b12-10-. The van der Waals surface area contributed by atoms with E-state index < -0.39 is 26.5 Å². The third-order valence-electron chi connectivity index (χ3n) is 7.55. The smallest absolute Gasteiger partial charge is 0.462 e. The molecule has 0 aromatic heterocycles. The Hall–Kier alpha value is -1.21. The van der Waals surface area contributed by atoms with Crippen molar-refractivity contribution >= 4 is 19.8 Å². The van der Waals surface area contributed by atoms with Crippen LogP contribution in [0.4, 0.5) is 0 Å². The molecule has 0 aromatic rings. The van der Waals surface area contributed by atoms with Gasteiger partial charge in [-0.25, -0.2) is 4.57 Å². The molecule has 8 nitrogen and oxygen atoms in total. The molecule has 0 amide bonds. The maximum Gasteiger partial charge on any atom is 0.472 e. The fourth-order valence-corrected chi connectivity index (χ4v) is 5.68. The molecular formula is C35H67O8P. The van der Waals surface area contributed by atoms with Crippen molar-refractivity contribution in [1.82, 2.24) is 0 Å². The van der Waals surface area contributed by atoms with Crippen LogP contribution < -0.4 is 0 Å². The minimum Gasteiger partial charge on any atom is -0.462 e. The van der Waals surface area contributed by atoms with Crippen molar-refractivity contribution in [1.29, 1.82) is 0 Å². The van der Waals surface area contributed by atoms with Crippen molar-refractivity contribution in [2.75, 3.05) is 19.8 Å². The molecule has 0 heterocycles. The van der Waals surface area contributed by atoms with E-state index in [9.17, 15) is 19.0 Å². The van der Waals surface area contributed by atoms with Crippen LogP contribution in [0, 0.1) is 0 Å². The van der Waals surface area contributed by atoms with E-state index in [4.69, 9.17) is 18.5 Å². The molecular weight excluding hydrogens is 579 g/mol. The molecule has 0 saturated heterocycles. The van der Waals surface area contributed by atoms with Crippen molar-refractivity contribution in [3.8, 4) is 0 Å². The molecule has 2 atom stereocenters. The molecule has 9 heteroatoms. The Labute approximate surface area is 270 Å². The molecule has 0 saturated carbocycles. The van der Waals surface area contributed by atoms with Gasteiger partial charge in [-0.05, 0) is 39.0 Å². The van der Waals surface area contributed by atoms with Gasteiger partial charge < -0.3 is 14.4 Å². The van der Waals surface area contributed by atoms with Crippen LogP contribution in [-0.2, 0) is 32.7 Å². The SMILES string of the molecule is CCC/C=C\CCCCCCCC(=O)OC(COC(=O)CCCCCCCCCCCCCCCC)COP(=O)(O)OCC. The van der Waals surface area contributed by atoms with Gasteiger partial charge in [0, 0.05) is 12.8 Å². The first-order chi connectivity index (χ1) is 21.3. The van der Waals surface area contributed by atoms with Gasteiger partial charge in [0.15, 0.2) is 6.10 Å². The molecule has 0 aliphatic heterocycles. The highest BCUT2D eigenvalue weighted by atomic mass is 31.2. The maximum atomic E-state index is 12.4. The number of phosphoric ester groups is 1. The lowest BCUT2D eigenvalue weighted by atomic mass is 10.0. The Morgan fingerprint density at radius 3 is 1.59 bits per heavy atom. The minimum absolute atomic E-state index is 0.00143. The number of rotatable bonds is 33. The van der Waals surface area contributed by atoms with E-state index in [1.54, 1.807) is 6.92 Å². The first kappa shape index (κ1) is 42.8. The van der Waals surface area contributed by atoms with Gasteiger partial charge in [0.05, 0.1) is 13.2 Å². The van der Waals surface area contributed by atoms with Crippen molar-refractivity contribution < 1.29 is 37.6 Å². The number of carbonyl (C=O) groups excluding carboxylic acids is 2. The second-order valence-electron chi connectivity index (χ2n) is 11.9. The van der Waals surface area contributed by atoms with E-state index in [1.807, 2.05) is 0 Å². The maximum absolute atomic E-state index is 12.4. The lowest BCUT2D eigenvalue weighted by Crippen LogP contribution is -2.29. The number of unbranched alkanes of at least 4 members (excludes halogenated alkanes) is 19.